The van der Waals surface area contributed by atoms with Crippen LogP contribution in [0, 0.1) is 4.91 Å². The van der Waals surface area contributed by atoms with Crippen LogP contribution < -0.4 is 21.5 Å². The Kier molecular flexibility index (Phi) is 13.7. The van der Waals surface area contributed by atoms with Crippen molar-refractivity contribution in [3.63, 3.8) is 0 Å². The normalized spacial score (nSPS) is 15.8. The average molecular weight is 500 g/mol. The van der Waals surface area contributed by atoms with Crippen LogP contribution in [0.2, 0.25) is 0 Å². The molecule has 0 rings (SSSR count). The Balaban J connectivity index is 5.46. The van der Waals surface area contributed by atoms with Crippen molar-refractivity contribution in [2.24, 2.45) is 10.9 Å². The van der Waals surface area contributed by atoms with Gasteiger partial charge in [0, 0.05) is 25.4 Å². The van der Waals surface area contributed by atoms with Crippen LogP contribution in [-0.4, -0.2) is 66.0 Å². The Morgan fingerprint density at radius 1 is 1.03 bits per heavy atom. The quantitative estimate of drug-likeness (QED) is 0.142. The fraction of sp³-hybridized carbons (Fsp3) is 0.750. The summed E-state index contributed by atoms with van der Waals surface area (Å²) in [5, 5.41) is 10.4. The summed E-state index contributed by atoms with van der Waals surface area (Å²) in [6, 6.07) is -2.72. The molecule has 0 aromatic rings. The van der Waals surface area contributed by atoms with Crippen molar-refractivity contribution in [3.8, 4) is 0 Å². The van der Waals surface area contributed by atoms with Crippen LogP contribution in [0.15, 0.2) is 5.18 Å². The predicted molar refractivity (Wildman–Crippen MR) is 121 cm³/mol. The van der Waals surface area contributed by atoms with E-state index in [1.54, 1.807) is 13.8 Å². The largest absolute Gasteiger partial charge is 0.462 e. The lowest BCUT2D eigenvalue weighted by Crippen LogP contribution is -2.45. The molecule has 0 aliphatic rings. The molecule has 0 bridgehead atoms. The molecule has 5 N–H and O–H groups in total. The maximum Gasteiger partial charge on any atom is 0.323 e. The highest BCUT2D eigenvalue weighted by atomic mass is 33.1. The van der Waals surface area contributed by atoms with E-state index in [2.05, 4.69) is 20.9 Å². The maximum atomic E-state index is 13.5. The van der Waals surface area contributed by atoms with E-state index < -0.39 is 47.5 Å². The van der Waals surface area contributed by atoms with Crippen molar-refractivity contribution in [2.75, 3.05) is 18.1 Å². The zero-order chi connectivity index (χ0) is 24.2. The van der Waals surface area contributed by atoms with E-state index >= 15 is 0 Å². The van der Waals surface area contributed by atoms with Crippen LogP contribution in [0.5, 0.6) is 0 Å². The maximum absolute atomic E-state index is 13.5. The molecular weight excluding hydrogens is 469 g/mol. The number of nitroso groups, excluding NO2 is 1. The summed E-state index contributed by atoms with van der Waals surface area (Å²) in [5.74, 6) is -2.41. The average Bonchev–Trinajstić information content (AvgIpc) is 2.62. The highest BCUT2D eigenvalue weighted by molar-refractivity contribution is 8.90. The zero-order valence-electron chi connectivity index (χ0n) is 18.1. The van der Waals surface area contributed by atoms with Gasteiger partial charge in [-0.1, -0.05) is 27.9 Å². The Labute approximate surface area is 189 Å². The first-order valence-corrected chi connectivity index (χ1v) is 14.2. The van der Waals surface area contributed by atoms with E-state index in [1.165, 1.54) is 20.8 Å². The van der Waals surface area contributed by atoms with Crippen LogP contribution in [0.1, 0.15) is 34.6 Å². The molecule has 0 aliphatic heterocycles. The van der Waals surface area contributed by atoms with Crippen molar-refractivity contribution >= 4 is 52.2 Å². The molecule has 15 heteroatoms. The van der Waals surface area contributed by atoms with Gasteiger partial charge < -0.3 is 21.1 Å². The van der Waals surface area contributed by atoms with Crippen molar-refractivity contribution < 1.29 is 28.5 Å². The number of carbonyl (C=O) groups is 4. The molecular formula is C16H30N5O7PS2. The second kappa shape index (κ2) is 14.4. The van der Waals surface area contributed by atoms with Gasteiger partial charge in [0.1, 0.15) is 18.6 Å². The van der Waals surface area contributed by atoms with Gasteiger partial charge in [-0.2, -0.15) is 4.91 Å². The molecule has 12 nitrogen and oxygen atoms in total. The Morgan fingerprint density at radius 3 is 2.03 bits per heavy atom. The lowest BCUT2D eigenvalue weighted by molar-refractivity contribution is -0.149. The number of carbonyl (C=O) groups excluding carboxylic acids is 4. The van der Waals surface area contributed by atoms with Crippen LogP contribution in [0.4, 0.5) is 0 Å². The van der Waals surface area contributed by atoms with Crippen molar-refractivity contribution in [1.82, 2.24) is 15.7 Å². The molecule has 178 valence electrons. The van der Waals surface area contributed by atoms with Crippen LogP contribution >= 0.6 is 28.5 Å². The van der Waals surface area contributed by atoms with Gasteiger partial charge in [-0.3, -0.25) is 23.7 Å². The summed E-state index contributed by atoms with van der Waals surface area (Å²) in [5.41, 5.74) is 1.78. The molecule has 0 fully saturated rings. The summed E-state index contributed by atoms with van der Waals surface area (Å²) in [4.78, 5) is 56.9. The molecule has 31 heavy (non-hydrogen) atoms. The second-order valence-electron chi connectivity index (χ2n) is 6.79. The SMILES string of the molecule is CC(=O)N[C@H](CN=O)CSP(=O)(N[C@@H](C)C(=O)OC(C)C)SC[C@H](NC(C)=O)C(N)=O. The minimum atomic E-state index is -3.50. The number of nitrogens with one attached hydrogen (secondary N) is 3. The van der Waals surface area contributed by atoms with E-state index in [9.17, 15) is 28.7 Å². The van der Waals surface area contributed by atoms with Crippen molar-refractivity contribution in [3.05, 3.63) is 4.91 Å². The summed E-state index contributed by atoms with van der Waals surface area (Å²) >= 11 is 1.68. The van der Waals surface area contributed by atoms with Crippen LogP contribution in [0.25, 0.3) is 0 Å². The molecule has 0 spiro atoms. The molecule has 4 atom stereocenters. The molecule has 0 aromatic carbocycles. The van der Waals surface area contributed by atoms with Crippen molar-refractivity contribution in [1.29, 1.82) is 0 Å². The number of nitrogens with two attached hydrogens (primary N) is 1. The topological polar surface area (TPSA) is 186 Å². The lowest BCUT2D eigenvalue weighted by atomic mass is 10.3. The minimum Gasteiger partial charge on any atom is -0.462 e. The summed E-state index contributed by atoms with van der Waals surface area (Å²) in [6.07, 6.45) is -0.377. The number of primary amides is 1. The molecule has 0 saturated heterocycles. The number of hydrogen-bond acceptors (Lipinski definition) is 10. The zero-order valence-corrected chi connectivity index (χ0v) is 20.6. The van der Waals surface area contributed by atoms with Gasteiger partial charge >= 0.3 is 5.97 Å². The first-order valence-electron chi connectivity index (χ1n) is 9.29. The van der Waals surface area contributed by atoms with Crippen LogP contribution in [0.3, 0.4) is 0 Å². The first-order chi connectivity index (χ1) is 14.3. The molecule has 0 radical (unpaired) electrons. The lowest BCUT2D eigenvalue weighted by Gasteiger charge is -2.25. The monoisotopic (exact) mass is 499 g/mol. The summed E-state index contributed by atoms with van der Waals surface area (Å²) < 4.78 is 18.6. The summed E-state index contributed by atoms with van der Waals surface area (Å²) in [6.45, 7) is 7.05. The van der Waals surface area contributed by atoms with Gasteiger partial charge in [0.2, 0.25) is 17.7 Å². The van der Waals surface area contributed by atoms with E-state index in [-0.39, 0.29) is 24.2 Å². The molecule has 0 aromatic heterocycles. The van der Waals surface area contributed by atoms with E-state index in [4.69, 9.17) is 10.5 Å². The Bertz CT molecular complexity index is 710. The molecule has 1 unspecified atom stereocenters. The number of esters is 1. The molecule has 0 heterocycles. The van der Waals surface area contributed by atoms with Gasteiger partial charge in [-0.05, 0) is 20.8 Å². The van der Waals surface area contributed by atoms with Gasteiger partial charge in [-0.15, -0.1) is 0 Å². The third-order valence-electron chi connectivity index (χ3n) is 3.34. The standard InChI is InChI=1S/C16H30N5O7PS2/c1-9(2)28-16(25)10(3)21-29(27,30-7-13(6-18-26)19-11(4)22)31-8-14(15(17)24)20-12(5)23/h9-10,13-14H,6-8H2,1-5H3,(H2,17,24)(H,19,22)(H,20,23)(H,21,27)/t10-,13+,14-,29?/m0/s1. The number of rotatable bonds is 15. The molecule has 0 saturated carbocycles. The fourth-order valence-electron chi connectivity index (χ4n) is 2.05. The second-order valence-corrected chi connectivity index (χ2v) is 14.6. The third kappa shape index (κ3) is 13.4. The van der Waals surface area contributed by atoms with Gasteiger partial charge in [0.15, 0.2) is 0 Å². The fourth-order valence-corrected chi connectivity index (χ4v) is 9.57. The highest BCUT2D eigenvalue weighted by Gasteiger charge is 2.33. The van der Waals surface area contributed by atoms with E-state index in [0.29, 0.717) is 0 Å². The van der Waals surface area contributed by atoms with Gasteiger partial charge in [0.25, 0.3) is 5.70 Å². The van der Waals surface area contributed by atoms with E-state index in [1.807, 2.05) is 0 Å². The predicted octanol–water partition coefficient (Wildman–Crippen LogP) is 0.752. The minimum absolute atomic E-state index is 0.0376. The smallest absolute Gasteiger partial charge is 0.323 e. The van der Waals surface area contributed by atoms with Crippen molar-refractivity contribution in [2.45, 2.75) is 58.8 Å². The Hall–Kier alpha value is -1.63. The molecule has 3 amide bonds. The Morgan fingerprint density at radius 2 is 1.58 bits per heavy atom. The number of ether oxygens (including phenoxy) is 1. The van der Waals surface area contributed by atoms with Crippen LogP contribution in [-0.2, 0) is 28.5 Å². The number of hydrogen-bond donors (Lipinski definition) is 4. The third-order valence-corrected chi connectivity index (χ3v) is 11.2. The number of nitrogens with zero attached hydrogens (tertiary/aromatic N) is 1. The first kappa shape index (κ1) is 29.4. The van der Waals surface area contributed by atoms with Gasteiger partial charge in [-0.25, -0.2) is 5.09 Å². The van der Waals surface area contributed by atoms with E-state index in [0.717, 1.165) is 22.8 Å². The molecule has 0 aliphatic carbocycles. The highest BCUT2D eigenvalue weighted by Crippen LogP contribution is 2.66. The van der Waals surface area contributed by atoms with Gasteiger partial charge in [0.05, 0.1) is 12.1 Å². The number of amides is 3. The summed E-state index contributed by atoms with van der Waals surface area (Å²) in [7, 11) is 0.